The SMILES string of the molecule is CCCOc1ccc(C[C@H](NC(=O)OC(C)(C)C)C(=O)O)cc1C1CCCC1. The molecule has 1 atom stereocenters. The van der Waals surface area contributed by atoms with E-state index in [1.165, 1.54) is 12.8 Å². The number of rotatable bonds is 8. The van der Waals surface area contributed by atoms with Gasteiger partial charge >= 0.3 is 12.1 Å². The van der Waals surface area contributed by atoms with Crippen molar-refractivity contribution in [2.24, 2.45) is 0 Å². The quantitative estimate of drug-likeness (QED) is 0.673. The number of hydrogen-bond acceptors (Lipinski definition) is 4. The number of carboxylic acids is 1. The Balaban J connectivity index is 2.16. The van der Waals surface area contributed by atoms with E-state index < -0.39 is 23.7 Å². The lowest BCUT2D eigenvalue weighted by Crippen LogP contribution is -2.44. The number of carbonyl (C=O) groups excluding carboxylic acids is 1. The molecule has 2 rings (SSSR count). The molecule has 0 saturated heterocycles. The molecule has 0 bridgehead atoms. The van der Waals surface area contributed by atoms with Gasteiger partial charge in [-0.25, -0.2) is 9.59 Å². The minimum Gasteiger partial charge on any atom is -0.493 e. The molecule has 1 aromatic carbocycles. The Kier molecular flexibility index (Phi) is 7.72. The zero-order valence-electron chi connectivity index (χ0n) is 17.4. The van der Waals surface area contributed by atoms with Gasteiger partial charge in [0, 0.05) is 6.42 Å². The van der Waals surface area contributed by atoms with Crippen LogP contribution in [0.25, 0.3) is 0 Å². The van der Waals surface area contributed by atoms with Gasteiger partial charge in [0.15, 0.2) is 0 Å². The van der Waals surface area contributed by atoms with Crippen molar-refractivity contribution in [2.45, 2.75) is 83.8 Å². The minimum atomic E-state index is -1.08. The van der Waals surface area contributed by atoms with Gasteiger partial charge in [-0.1, -0.05) is 31.9 Å². The fraction of sp³-hybridized carbons (Fsp3) is 0.636. The number of alkyl carbamates (subject to hydrolysis) is 1. The molecular weight excluding hydrogens is 358 g/mol. The van der Waals surface area contributed by atoms with Crippen LogP contribution in [0.3, 0.4) is 0 Å². The van der Waals surface area contributed by atoms with Crippen molar-refractivity contribution in [2.75, 3.05) is 6.61 Å². The third-order valence-electron chi connectivity index (χ3n) is 4.76. The minimum absolute atomic E-state index is 0.197. The van der Waals surface area contributed by atoms with Crippen LogP contribution in [0.15, 0.2) is 18.2 Å². The second-order valence-corrected chi connectivity index (χ2v) is 8.44. The predicted octanol–water partition coefficient (Wildman–Crippen LogP) is 4.65. The molecule has 1 fully saturated rings. The number of hydrogen-bond donors (Lipinski definition) is 2. The number of aliphatic carboxylic acids is 1. The molecule has 0 aliphatic heterocycles. The van der Waals surface area contributed by atoms with E-state index in [2.05, 4.69) is 12.2 Å². The van der Waals surface area contributed by atoms with Crippen LogP contribution in [0.1, 0.15) is 76.8 Å². The number of amides is 1. The van der Waals surface area contributed by atoms with Crippen LogP contribution in [0.5, 0.6) is 5.75 Å². The van der Waals surface area contributed by atoms with E-state index in [1.807, 2.05) is 18.2 Å². The van der Waals surface area contributed by atoms with Gasteiger partial charge in [-0.05, 0) is 63.1 Å². The number of nitrogens with one attached hydrogen (secondary N) is 1. The van der Waals surface area contributed by atoms with E-state index in [4.69, 9.17) is 9.47 Å². The lowest BCUT2D eigenvalue weighted by molar-refractivity contribution is -0.139. The molecule has 0 spiro atoms. The molecule has 6 heteroatoms. The topological polar surface area (TPSA) is 84.9 Å². The van der Waals surface area contributed by atoms with Crippen molar-refractivity contribution >= 4 is 12.1 Å². The Bertz CT molecular complexity index is 674. The molecule has 1 aliphatic carbocycles. The highest BCUT2D eigenvalue weighted by Gasteiger charge is 2.26. The van der Waals surface area contributed by atoms with Crippen molar-refractivity contribution in [3.8, 4) is 5.75 Å². The number of ether oxygens (including phenoxy) is 2. The second-order valence-electron chi connectivity index (χ2n) is 8.44. The largest absolute Gasteiger partial charge is 0.493 e. The first-order valence-corrected chi connectivity index (χ1v) is 10.2. The summed E-state index contributed by atoms with van der Waals surface area (Å²) in [4.78, 5) is 23.7. The maximum atomic E-state index is 12.0. The first-order chi connectivity index (χ1) is 13.2. The van der Waals surface area contributed by atoms with Gasteiger partial charge < -0.3 is 19.9 Å². The molecule has 0 aromatic heterocycles. The molecule has 6 nitrogen and oxygen atoms in total. The molecular formula is C22H33NO5. The summed E-state index contributed by atoms with van der Waals surface area (Å²) in [5.74, 6) is 0.262. The summed E-state index contributed by atoms with van der Waals surface area (Å²) >= 11 is 0. The van der Waals surface area contributed by atoms with Crippen LogP contribution in [-0.4, -0.2) is 35.4 Å². The zero-order chi connectivity index (χ0) is 20.7. The molecule has 0 heterocycles. The summed E-state index contributed by atoms with van der Waals surface area (Å²) in [6.45, 7) is 7.96. The fourth-order valence-electron chi connectivity index (χ4n) is 3.51. The van der Waals surface area contributed by atoms with Gasteiger partial charge in [0.2, 0.25) is 0 Å². The molecule has 1 amide bonds. The highest BCUT2D eigenvalue weighted by molar-refractivity contribution is 5.80. The van der Waals surface area contributed by atoms with Crippen LogP contribution in [0.2, 0.25) is 0 Å². The fourth-order valence-corrected chi connectivity index (χ4v) is 3.51. The molecule has 156 valence electrons. The van der Waals surface area contributed by atoms with Crippen LogP contribution in [-0.2, 0) is 16.0 Å². The van der Waals surface area contributed by atoms with Gasteiger partial charge in [0.1, 0.15) is 17.4 Å². The monoisotopic (exact) mass is 391 g/mol. The zero-order valence-corrected chi connectivity index (χ0v) is 17.4. The van der Waals surface area contributed by atoms with Crippen molar-refractivity contribution in [1.82, 2.24) is 5.32 Å². The summed E-state index contributed by atoms with van der Waals surface area (Å²) in [6, 6.07) is 4.82. The third-order valence-corrected chi connectivity index (χ3v) is 4.76. The average molecular weight is 392 g/mol. The molecule has 0 unspecified atom stereocenters. The number of carboxylic acid groups (broad SMARTS) is 1. The molecule has 28 heavy (non-hydrogen) atoms. The van der Waals surface area contributed by atoms with Crippen LogP contribution >= 0.6 is 0 Å². The lowest BCUT2D eigenvalue weighted by atomic mass is 9.93. The van der Waals surface area contributed by atoms with Gasteiger partial charge in [-0.15, -0.1) is 0 Å². The maximum Gasteiger partial charge on any atom is 0.408 e. The van der Waals surface area contributed by atoms with Gasteiger partial charge in [-0.3, -0.25) is 0 Å². The lowest BCUT2D eigenvalue weighted by Gasteiger charge is -2.22. The van der Waals surface area contributed by atoms with Crippen LogP contribution in [0.4, 0.5) is 4.79 Å². The first kappa shape index (κ1) is 22.1. The Labute approximate surface area is 167 Å². The van der Waals surface area contributed by atoms with E-state index in [1.54, 1.807) is 20.8 Å². The van der Waals surface area contributed by atoms with Gasteiger partial charge in [0.05, 0.1) is 6.61 Å². The third kappa shape index (κ3) is 6.73. The van der Waals surface area contributed by atoms with E-state index >= 15 is 0 Å². The Hall–Kier alpha value is -2.24. The number of carbonyl (C=O) groups is 2. The average Bonchev–Trinajstić information content (AvgIpc) is 3.12. The Morgan fingerprint density at radius 3 is 2.50 bits per heavy atom. The predicted molar refractivity (Wildman–Crippen MR) is 108 cm³/mol. The molecule has 0 radical (unpaired) electrons. The standard InChI is InChI=1S/C22H33NO5/c1-5-12-27-19-11-10-15(13-17(19)16-8-6-7-9-16)14-18(20(24)25)23-21(26)28-22(2,3)4/h10-11,13,16,18H,5-9,12,14H2,1-4H3,(H,23,26)(H,24,25)/t18-/m0/s1. The van der Waals surface area contributed by atoms with Crippen molar-refractivity contribution in [3.63, 3.8) is 0 Å². The van der Waals surface area contributed by atoms with E-state index in [0.29, 0.717) is 12.5 Å². The van der Waals surface area contributed by atoms with Gasteiger partial charge in [-0.2, -0.15) is 0 Å². The smallest absolute Gasteiger partial charge is 0.408 e. The highest BCUT2D eigenvalue weighted by atomic mass is 16.6. The molecule has 2 N–H and O–H groups in total. The van der Waals surface area contributed by atoms with E-state index in [-0.39, 0.29) is 6.42 Å². The molecule has 1 aliphatic rings. The summed E-state index contributed by atoms with van der Waals surface area (Å²) in [6.07, 6.45) is 5.09. The summed E-state index contributed by atoms with van der Waals surface area (Å²) < 4.78 is 11.1. The summed E-state index contributed by atoms with van der Waals surface area (Å²) in [7, 11) is 0. The Morgan fingerprint density at radius 1 is 1.25 bits per heavy atom. The van der Waals surface area contributed by atoms with E-state index in [0.717, 1.165) is 36.1 Å². The Morgan fingerprint density at radius 2 is 1.93 bits per heavy atom. The van der Waals surface area contributed by atoms with E-state index in [9.17, 15) is 14.7 Å². The number of benzene rings is 1. The van der Waals surface area contributed by atoms with Gasteiger partial charge in [0.25, 0.3) is 0 Å². The van der Waals surface area contributed by atoms with Crippen molar-refractivity contribution in [3.05, 3.63) is 29.3 Å². The summed E-state index contributed by atoms with van der Waals surface area (Å²) in [5.41, 5.74) is 1.35. The van der Waals surface area contributed by atoms with Crippen molar-refractivity contribution < 1.29 is 24.2 Å². The van der Waals surface area contributed by atoms with Crippen molar-refractivity contribution in [1.29, 1.82) is 0 Å². The molecule has 1 saturated carbocycles. The summed E-state index contributed by atoms with van der Waals surface area (Å²) in [5, 5.41) is 12.0. The normalized spacial score (nSPS) is 15.9. The second kappa shape index (κ2) is 9.80. The van der Waals surface area contributed by atoms with Crippen LogP contribution < -0.4 is 10.1 Å². The molecule has 1 aromatic rings. The maximum absolute atomic E-state index is 12.0. The highest BCUT2D eigenvalue weighted by Crippen LogP contribution is 2.39. The van der Waals surface area contributed by atoms with Crippen LogP contribution in [0, 0.1) is 0 Å². The first-order valence-electron chi connectivity index (χ1n) is 10.2.